The summed E-state index contributed by atoms with van der Waals surface area (Å²) in [6.07, 6.45) is 4.17. The third-order valence-corrected chi connectivity index (χ3v) is 10.6. The maximum Gasteiger partial charge on any atom is 0.179 e. The molecular weight excluding hydrogens is 644 g/mol. The number of nitrogens with zero attached hydrogens (tertiary/aromatic N) is 4. The Morgan fingerprint density at radius 1 is 0.717 bits per heavy atom. The van der Waals surface area contributed by atoms with Gasteiger partial charge < -0.3 is 19.3 Å². The van der Waals surface area contributed by atoms with E-state index in [1.165, 1.54) is 0 Å². The molecule has 240 valence electrons. The predicted molar refractivity (Wildman–Crippen MR) is 180 cm³/mol. The SMILES string of the molecule is COC1(C)CCN(C2=C(C#N)C(=O)Cc3ccc(Br)cc32)CC1.COC1(C)CCN(C2=C(C#N)C(=O)Cc3ccc(C)cc32)CC1. The number of halogens is 1. The molecule has 2 aliphatic carbocycles. The lowest BCUT2D eigenvalue weighted by Gasteiger charge is -2.41. The van der Waals surface area contributed by atoms with E-state index in [-0.39, 0.29) is 28.3 Å². The van der Waals surface area contributed by atoms with E-state index < -0.39 is 0 Å². The summed E-state index contributed by atoms with van der Waals surface area (Å²) in [7, 11) is 3.49. The topological polar surface area (TPSA) is 107 Å². The molecule has 2 fully saturated rings. The first-order valence-electron chi connectivity index (χ1n) is 15.8. The molecule has 0 radical (unpaired) electrons. The number of methoxy groups -OCH3 is 2. The number of likely N-dealkylation sites (tertiary alicyclic amines) is 2. The number of Topliss-reactive ketones (excluding diaryl/α,β-unsaturated/α-hetero) is 2. The number of aryl methyl sites for hydroxylation is 1. The molecule has 46 heavy (non-hydrogen) atoms. The average molecular weight is 686 g/mol. The first-order chi connectivity index (χ1) is 21.9. The van der Waals surface area contributed by atoms with Crippen LogP contribution < -0.4 is 0 Å². The summed E-state index contributed by atoms with van der Waals surface area (Å²) in [5.74, 6) is -0.156. The quantitative estimate of drug-likeness (QED) is 0.377. The van der Waals surface area contributed by atoms with Crippen LogP contribution in [0.2, 0.25) is 0 Å². The maximum absolute atomic E-state index is 12.4. The summed E-state index contributed by atoms with van der Waals surface area (Å²) in [5.41, 5.74) is 7.17. The number of carbonyl (C=O) groups excluding carboxylic acids is 2. The fourth-order valence-electron chi connectivity index (χ4n) is 6.75. The number of piperidine rings is 2. The highest BCUT2D eigenvalue weighted by Gasteiger charge is 2.36. The molecule has 2 heterocycles. The molecular formula is C37H41BrN4O4. The maximum atomic E-state index is 12.4. The van der Waals surface area contributed by atoms with Crippen LogP contribution in [0.25, 0.3) is 11.4 Å². The van der Waals surface area contributed by atoms with Gasteiger partial charge in [0.05, 0.1) is 22.6 Å². The lowest BCUT2D eigenvalue weighted by molar-refractivity contribution is -0.115. The monoisotopic (exact) mass is 684 g/mol. The van der Waals surface area contributed by atoms with Crippen molar-refractivity contribution in [3.63, 3.8) is 0 Å². The second-order valence-corrected chi connectivity index (χ2v) is 14.0. The Hall–Kier alpha value is -3.76. The van der Waals surface area contributed by atoms with Crippen molar-refractivity contribution in [2.24, 2.45) is 0 Å². The highest BCUT2D eigenvalue weighted by molar-refractivity contribution is 9.10. The molecule has 6 rings (SSSR count). The Bertz CT molecular complexity index is 1570. The van der Waals surface area contributed by atoms with Gasteiger partial charge in [-0.05, 0) is 75.8 Å². The number of carbonyl (C=O) groups is 2. The van der Waals surface area contributed by atoms with Crippen molar-refractivity contribution in [1.82, 2.24) is 9.80 Å². The van der Waals surface area contributed by atoms with E-state index in [1.807, 2.05) is 37.3 Å². The van der Waals surface area contributed by atoms with Gasteiger partial charge >= 0.3 is 0 Å². The van der Waals surface area contributed by atoms with Gasteiger partial charge in [-0.1, -0.05) is 39.7 Å². The number of ketones is 2. The number of fused-ring (bicyclic) bond motifs is 2. The number of allylic oxidation sites excluding steroid dienone is 2. The average Bonchev–Trinajstić information content (AvgIpc) is 3.05. The van der Waals surface area contributed by atoms with Gasteiger partial charge in [-0.25, -0.2) is 0 Å². The molecule has 2 aliphatic heterocycles. The van der Waals surface area contributed by atoms with Crippen molar-refractivity contribution in [3.8, 4) is 12.1 Å². The van der Waals surface area contributed by atoms with Crippen LogP contribution in [0.3, 0.4) is 0 Å². The summed E-state index contributed by atoms with van der Waals surface area (Å²) in [6.45, 7) is 9.43. The van der Waals surface area contributed by atoms with Crippen molar-refractivity contribution in [2.45, 2.75) is 70.5 Å². The van der Waals surface area contributed by atoms with Crippen LogP contribution in [0.1, 0.15) is 67.3 Å². The molecule has 2 saturated heterocycles. The van der Waals surface area contributed by atoms with Gasteiger partial charge in [0.1, 0.15) is 23.3 Å². The third kappa shape index (κ3) is 6.69. The van der Waals surface area contributed by atoms with E-state index in [2.05, 4.69) is 57.8 Å². The first-order valence-corrected chi connectivity index (χ1v) is 16.6. The Kier molecular flexibility index (Phi) is 9.89. The lowest BCUT2D eigenvalue weighted by Crippen LogP contribution is -2.43. The largest absolute Gasteiger partial charge is 0.378 e. The lowest BCUT2D eigenvalue weighted by atomic mass is 9.85. The summed E-state index contributed by atoms with van der Waals surface area (Å²) < 4.78 is 12.2. The van der Waals surface area contributed by atoms with Crippen LogP contribution in [-0.4, -0.2) is 73.0 Å². The zero-order valence-corrected chi connectivity index (χ0v) is 28.9. The smallest absolute Gasteiger partial charge is 0.179 e. The number of ether oxygens (including phenoxy) is 2. The second kappa shape index (κ2) is 13.5. The van der Waals surface area contributed by atoms with E-state index >= 15 is 0 Å². The molecule has 0 amide bonds. The molecule has 4 aliphatic rings. The number of hydrogen-bond donors (Lipinski definition) is 0. The van der Waals surface area contributed by atoms with Crippen LogP contribution >= 0.6 is 15.9 Å². The van der Waals surface area contributed by atoms with E-state index in [9.17, 15) is 20.1 Å². The zero-order valence-electron chi connectivity index (χ0n) is 27.3. The minimum absolute atomic E-state index is 0.0704. The summed E-state index contributed by atoms with van der Waals surface area (Å²) in [4.78, 5) is 29.1. The highest BCUT2D eigenvalue weighted by Crippen LogP contribution is 2.38. The van der Waals surface area contributed by atoms with Gasteiger partial charge in [0.25, 0.3) is 0 Å². The zero-order chi connectivity index (χ0) is 33.2. The molecule has 0 aromatic heterocycles. The third-order valence-electron chi connectivity index (χ3n) is 10.1. The minimum Gasteiger partial charge on any atom is -0.378 e. The van der Waals surface area contributed by atoms with Gasteiger partial charge in [0, 0.05) is 68.8 Å². The summed E-state index contributed by atoms with van der Waals surface area (Å²) in [5, 5.41) is 19.0. The van der Waals surface area contributed by atoms with Crippen LogP contribution in [0, 0.1) is 29.6 Å². The molecule has 0 bridgehead atoms. The normalized spacial score (nSPS) is 20.3. The van der Waals surface area contributed by atoms with Crippen LogP contribution in [0.5, 0.6) is 0 Å². The van der Waals surface area contributed by atoms with Crippen molar-refractivity contribution in [3.05, 3.63) is 79.8 Å². The molecule has 0 saturated carbocycles. The number of nitriles is 2. The van der Waals surface area contributed by atoms with Gasteiger partial charge in [-0.3, -0.25) is 9.59 Å². The van der Waals surface area contributed by atoms with Crippen LogP contribution in [0.15, 0.2) is 52.0 Å². The molecule has 0 unspecified atom stereocenters. The van der Waals surface area contributed by atoms with E-state index in [0.29, 0.717) is 18.4 Å². The molecule has 2 aromatic rings. The Morgan fingerprint density at radius 3 is 1.54 bits per heavy atom. The summed E-state index contributed by atoms with van der Waals surface area (Å²) in [6, 6.07) is 16.4. The van der Waals surface area contributed by atoms with Gasteiger partial charge in [0.2, 0.25) is 0 Å². The molecule has 0 N–H and O–H groups in total. The first kappa shape index (κ1) is 33.6. The highest BCUT2D eigenvalue weighted by atomic mass is 79.9. The Labute approximate surface area is 280 Å². The van der Waals surface area contributed by atoms with Crippen molar-refractivity contribution >= 4 is 38.9 Å². The minimum atomic E-state index is -0.122. The van der Waals surface area contributed by atoms with Crippen molar-refractivity contribution in [2.75, 3.05) is 40.4 Å². The van der Waals surface area contributed by atoms with E-state index in [1.54, 1.807) is 14.2 Å². The molecule has 0 spiro atoms. The van der Waals surface area contributed by atoms with Crippen molar-refractivity contribution < 1.29 is 19.1 Å². The van der Waals surface area contributed by atoms with Crippen molar-refractivity contribution in [1.29, 1.82) is 10.5 Å². The van der Waals surface area contributed by atoms with E-state index in [0.717, 1.165) is 95.5 Å². The van der Waals surface area contributed by atoms with Gasteiger partial charge in [-0.15, -0.1) is 0 Å². The fraction of sp³-hybridized carbons (Fsp3) is 0.459. The van der Waals surface area contributed by atoms with Gasteiger partial charge in [0.15, 0.2) is 11.6 Å². The molecule has 8 nitrogen and oxygen atoms in total. The molecule has 0 atom stereocenters. The number of rotatable bonds is 4. The second-order valence-electron chi connectivity index (χ2n) is 13.1. The van der Waals surface area contributed by atoms with Crippen LogP contribution in [0.4, 0.5) is 0 Å². The van der Waals surface area contributed by atoms with Crippen LogP contribution in [-0.2, 0) is 31.9 Å². The molecule has 9 heteroatoms. The fourth-order valence-corrected chi connectivity index (χ4v) is 7.11. The van der Waals surface area contributed by atoms with E-state index in [4.69, 9.17) is 9.47 Å². The standard InChI is InChI=1S/C19H22N2O2.C18H19BrN2O2/c1-13-4-5-14-11-17(22)16(12-20)18(15(14)10-13)21-8-6-19(2,23-3)7-9-21;1-18(23-2)5-7-21(8-6-18)17-14-10-13(19)4-3-12(14)9-16(22)15(17)11-20/h4-5,10H,6-9,11H2,1-3H3;3-4,10H,5-9H2,1-2H3. The Morgan fingerprint density at radius 2 is 1.13 bits per heavy atom. The Balaban J connectivity index is 0.000000181. The number of benzene rings is 2. The predicted octanol–water partition coefficient (Wildman–Crippen LogP) is 6.17. The van der Waals surface area contributed by atoms with Gasteiger partial charge in [-0.2, -0.15) is 10.5 Å². The molecule has 2 aromatic carbocycles. The number of hydrogen-bond acceptors (Lipinski definition) is 8. The summed E-state index contributed by atoms with van der Waals surface area (Å²) >= 11 is 3.50.